The first-order valence-electron chi connectivity index (χ1n) is 9.31. The number of hydrogen-bond donors (Lipinski definition) is 3. The van der Waals surface area contributed by atoms with Crippen LogP contribution in [0.1, 0.15) is 13.8 Å². The first kappa shape index (κ1) is 19.7. The van der Waals surface area contributed by atoms with E-state index in [0.717, 1.165) is 15.5 Å². The third-order valence-corrected chi connectivity index (χ3v) is 5.80. The van der Waals surface area contributed by atoms with Crippen LogP contribution in [0.3, 0.4) is 0 Å². The molecule has 154 valence electrons. The summed E-state index contributed by atoms with van der Waals surface area (Å²) in [5.41, 5.74) is 6.75. The second-order valence-electron chi connectivity index (χ2n) is 6.69. The molecule has 0 aliphatic carbocycles. The lowest BCUT2D eigenvalue weighted by Crippen LogP contribution is -2.39. The zero-order valence-electron chi connectivity index (χ0n) is 16.8. The van der Waals surface area contributed by atoms with Crippen LogP contribution in [0.15, 0.2) is 80.9 Å². The van der Waals surface area contributed by atoms with E-state index in [1.807, 2.05) is 52.8 Å². The number of anilines is 2. The number of amides is 2. The van der Waals surface area contributed by atoms with E-state index in [1.54, 1.807) is 37.3 Å². The van der Waals surface area contributed by atoms with Gasteiger partial charge in [-0.25, -0.2) is 4.79 Å². The van der Waals surface area contributed by atoms with E-state index in [-0.39, 0.29) is 6.03 Å². The highest BCUT2D eigenvalue weighted by Gasteiger charge is 2.26. The fourth-order valence-corrected chi connectivity index (χ4v) is 3.95. The molecule has 2 heterocycles. The fourth-order valence-electron chi connectivity index (χ4n) is 2.92. The molecule has 0 fully saturated rings. The van der Waals surface area contributed by atoms with Gasteiger partial charge >= 0.3 is 6.03 Å². The number of fused-ring (bicyclic) bond motifs is 1. The van der Waals surface area contributed by atoms with Crippen molar-refractivity contribution < 1.29 is 9.53 Å². The Labute approximate surface area is 179 Å². The van der Waals surface area contributed by atoms with Crippen LogP contribution in [0.25, 0.3) is 0 Å². The molecular weight excluding hydrogens is 400 g/mol. The number of allylic oxidation sites excluding steroid dienone is 2. The van der Waals surface area contributed by atoms with Gasteiger partial charge in [0.15, 0.2) is 0 Å². The number of carbonyl (C=O) groups is 1. The number of rotatable bonds is 5. The van der Waals surface area contributed by atoms with Gasteiger partial charge in [-0.1, -0.05) is 17.8 Å². The highest BCUT2D eigenvalue weighted by molar-refractivity contribution is 8.03. The number of hydrogen-bond acceptors (Lipinski definition) is 7. The predicted octanol–water partition coefficient (Wildman–Crippen LogP) is 4.56. The molecule has 0 aromatic heterocycles. The van der Waals surface area contributed by atoms with Gasteiger partial charge < -0.3 is 15.4 Å². The Balaban J connectivity index is 1.40. The maximum atomic E-state index is 12.3. The lowest BCUT2D eigenvalue weighted by Gasteiger charge is -2.32. The Kier molecular flexibility index (Phi) is 5.53. The average Bonchev–Trinajstić information content (AvgIpc) is 3.20. The second-order valence-corrected chi connectivity index (χ2v) is 7.75. The smallest absolute Gasteiger partial charge is 0.323 e. The molecule has 9 heteroatoms. The summed E-state index contributed by atoms with van der Waals surface area (Å²) < 4.78 is 5.17. The number of hydrazine groups is 2. The van der Waals surface area contributed by atoms with Gasteiger partial charge in [0.1, 0.15) is 17.1 Å². The largest absolute Gasteiger partial charge is 0.497 e. The van der Waals surface area contributed by atoms with E-state index >= 15 is 0 Å². The fraction of sp³-hybridized carbons (Fsp3) is 0.143. The standard InChI is InChI=1S/C21H22N6O2S/c1-14-12-26-22-13-23-27(26)20(15(14)2)30-19-9-7-16(8-10-19)24-21(28)25-17-5-4-6-18(11-17)29-3/h4-13H,1-3H3,(H,22,23)(H2,24,25,28). The predicted molar refractivity (Wildman–Crippen MR) is 120 cm³/mol. The SMILES string of the molecule is COc1cccc(NC(=O)Nc2ccc(SC3=C(C)C(C)=CN4NC=NN34)cc2)c1. The number of carbonyl (C=O) groups excluding carboxylic acids is 1. The van der Waals surface area contributed by atoms with Crippen LogP contribution >= 0.6 is 11.8 Å². The molecule has 0 saturated heterocycles. The first-order valence-corrected chi connectivity index (χ1v) is 10.1. The summed E-state index contributed by atoms with van der Waals surface area (Å²) in [5.74, 6) is 0.683. The third-order valence-electron chi connectivity index (χ3n) is 4.63. The summed E-state index contributed by atoms with van der Waals surface area (Å²) in [4.78, 5) is 13.3. The zero-order chi connectivity index (χ0) is 21.1. The van der Waals surface area contributed by atoms with Gasteiger partial charge in [0.2, 0.25) is 0 Å². The van der Waals surface area contributed by atoms with Crippen molar-refractivity contribution in [1.82, 2.24) is 15.7 Å². The molecule has 2 amide bonds. The van der Waals surface area contributed by atoms with Crippen molar-refractivity contribution in [2.24, 2.45) is 5.10 Å². The van der Waals surface area contributed by atoms with Crippen LogP contribution in [0.4, 0.5) is 16.2 Å². The molecule has 3 N–H and O–H groups in total. The van der Waals surface area contributed by atoms with Gasteiger partial charge in [-0.3, -0.25) is 5.43 Å². The van der Waals surface area contributed by atoms with Gasteiger partial charge in [-0.15, -0.1) is 10.2 Å². The van der Waals surface area contributed by atoms with Crippen LogP contribution in [0.5, 0.6) is 5.75 Å². The summed E-state index contributed by atoms with van der Waals surface area (Å²) in [6.07, 6.45) is 3.65. The van der Waals surface area contributed by atoms with Gasteiger partial charge in [-0.2, -0.15) is 5.12 Å². The quantitative estimate of drug-likeness (QED) is 0.655. The average molecular weight is 423 g/mol. The Morgan fingerprint density at radius 1 is 1.10 bits per heavy atom. The minimum Gasteiger partial charge on any atom is -0.497 e. The Bertz CT molecular complexity index is 1050. The molecule has 2 aromatic carbocycles. The molecular formula is C21H22N6O2S. The van der Waals surface area contributed by atoms with Crippen LogP contribution < -0.4 is 20.8 Å². The van der Waals surface area contributed by atoms with E-state index in [0.29, 0.717) is 17.1 Å². The van der Waals surface area contributed by atoms with Gasteiger partial charge in [0.05, 0.1) is 13.3 Å². The Hall–Kier alpha value is -3.59. The topological polar surface area (TPSA) is 81.2 Å². The molecule has 0 atom stereocenters. The van der Waals surface area contributed by atoms with Crippen LogP contribution in [-0.2, 0) is 0 Å². The summed E-state index contributed by atoms with van der Waals surface area (Å²) in [5, 5.41) is 14.7. The lowest BCUT2D eigenvalue weighted by atomic mass is 10.1. The van der Waals surface area contributed by atoms with Gasteiger partial charge in [0, 0.05) is 22.3 Å². The van der Waals surface area contributed by atoms with E-state index < -0.39 is 0 Å². The van der Waals surface area contributed by atoms with E-state index in [1.165, 1.54) is 5.57 Å². The number of nitrogens with one attached hydrogen (secondary N) is 3. The Morgan fingerprint density at radius 3 is 2.63 bits per heavy atom. The van der Waals surface area contributed by atoms with E-state index in [4.69, 9.17) is 4.74 Å². The first-order chi connectivity index (χ1) is 14.5. The van der Waals surface area contributed by atoms with Crippen molar-refractivity contribution in [1.29, 1.82) is 0 Å². The van der Waals surface area contributed by atoms with Crippen molar-refractivity contribution in [3.63, 3.8) is 0 Å². The number of ether oxygens (including phenoxy) is 1. The zero-order valence-corrected chi connectivity index (χ0v) is 17.7. The minimum absolute atomic E-state index is 0.316. The number of benzene rings is 2. The van der Waals surface area contributed by atoms with Crippen molar-refractivity contribution in [3.05, 3.63) is 70.9 Å². The minimum atomic E-state index is -0.316. The van der Waals surface area contributed by atoms with Crippen molar-refractivity contribution >= 4 is 35.5 Å². The molecule has 0 spiro atoms. The lowest BCUT2D eigenvalue weighted by molar-refractivity contribution is 0.0672. The van der Waals surface area contributed by atoms with Crippen molar-refractivity contribution in [2.45, 2.75) is 18.7 Å². The maximum absolute atomic E-state index is 12.3. The highest BCUT2D eigenvalue weighted by atomic mass is 32.2. The number of hydrazone groups is 1. The van der Waals surface area contributed by atoms with Crippen LogP contribution in [-0.4, -0.2) is 29.7 Å². The molecule has 8 nitrogen and oxygen atoms in total. The van der Waals surface area contributed by atoms with E-state index in [2.05, 4.69) is 35.0 Å². The van der Waals surface area contributed by atoms with E-state index in [9.17, 15) is 4.79 Å². The van der Waals surface area contributed by atoms with Gasteiger partial charge in [0.25, 0.3) is 0 Å². The summed E-state index contributed by atoms with van der Waals surface area (Å²) in [6.45, 7) is 4.15. The summed E-state index contributed by atoms with van der Waals surface area (Å²) in [7, 11) is 1.59. The Morgan fingerprint density at radius 2 is 1.87 bits per heavy atom. The normalized spacial score (nSPS) is 14.8. The molecule has 0 bridgehead atoms. The number of methoxy groups -OCH3 is 1. The molecule has 2 aromatic rings. The molecule has 30 heavy (non-hydrogen) atoms. The monoisotopic (exact) mass is 422 g/mol. The molecule has 0 unspecified atom stereocenters. The van der Waals surface area contributed by atoms with Crippen molar-refractivity contribution in [2.75, 3.05) is 17.7 Å². The molecule has 2 aliphatic heterocycles. The second kappa shape index (κ2) is 8.42. The number of nitrogens with zero attached hydrogens (tertiary/aromatic N) is 3. The van der Waals surface area contributed by atoms with Crippen molar-refractivity contribution in [3.8, 4) is 5.75 Å². The molecule has 4 rings (SSSR count). The molecule has 2 aliphatic rings. The summed E-state index contributed by atoms with van der Waals surface area (Å²) in [6, 6.07) is 14.6. The highest BCUT2D eigenvalue weighted by Crippen LogP contribution is 2.38. The molecule has 0 saturated carbocycles. The number of urea groups is 1. The van der Waals surface area contributed by atoms with Crippen LogP contribution in [0, 0.1) is 0 Å². The third kappa shape index (κ3) is 4.20. The maximum Gasteiger partial charge on any atom is 0.323 e. The van der Waals surface area contributed by atoms with Crippen LogP contribution in [0.2, 0.25) is 0 Å². The number of thioether (sulfide) groups is 1. The van der Waals surface area contributed by atoms with Gasteiger partial charge in [-0.05, 0) is 61.4 Å². The summed E-state index contributed by atoms with van der Waals surface area (Å²) >= 11 is 1.61. The molecule has 0 radical (unpaired) electrons.